The Hall–Kier alpha value is -1.07. The van der Waals surface area contributed by atoms with Crippen LogP contribution in [0.25, 0.3) is 0 Å². The molecule has 1 heterocycles. The average Bonchev–Trinajstić information content (AvgIpc) is 2.65. The summed E-state index contributed by atoms with van der Waals surface area (Å²) in [5.74, 6) is 1.32. The zero-order valence-electron chi connectivity index (χ0n) is 17.1. The summed E-state index contributed by atoms with van der Waals surface area (Å²) >= 11 is 0. The maximum atomic E-state index is 11.5. The third-order valence-corrected chi connectivity index (χ3v) is 6.41. The van der Waals surface area contributed by atoms with Gasteiger partial charge in [0, 0.05) is 58.5 Å². The van der Waals surface area contributed by atoms with Gasteiger partial charge in [-0.2, -0.15) is 0 Å². The SMILES string of the molecule is CCN(CCNC(=NC)NCCN1CCS(=O)(=O)CC1)c1cccc(C)c1.I. The lowest BCUT2D eigenvalue weighted by molar-refractivity contribution is 0.299. The van der Waals surface area contributed by atoms with E-state index >= 15 is 0 Å². The van der Waals surface area contributed by atoms with E-state index in [2.05, 4.69) is 63.5 Å². The fraction of sp³-hybridized carbons (Fsp3) is 0.632. The number of benzene rings is 1. The van der Waals surface area contributed by atoms with Crippen molar-refractivity contribution in [2.24, 2.45) is 4.99 Å². The van der Waals surface area contributed by atoms with Gasteiger partial charge in [0.2, 0.25) is 0 Å². The van der Waals surface area contributed by atoms with Gasteiger partial charge in [0.15, 0.2) is 15.8 Å². The second kappa shape index (κ2) is 12.5. The Labute approximate surface area is 186 Å². The average molecular weight is 523 g/mol. The van der Waals surface area contributed by atoms with E-state index in [9.17, 15) is 8.42 Å². The van der Waals surface area contributed by atoms with Gasteiger partial charge in [-0.25, -0.2) is 8.42 Å². The molecule has 0 saturated carbocycles. The minimum Gasteiger partial charge on any atom is -0.370 e. The predicted octanol–water partition coefficient (Wildman–Crippen LogP) is 1.33. The minimum atomic E-state index is -2.81. The standard InChI is InChI=1S/C19H33N5O2S.HI/c1-4-24(18-7-5-6-17(2)16-18)11-9-22-19(20-3)21-8-10-23-12-14-27(25,26)15-13-23;/h5-7,16H,4,8-15H2,1-3H3,(H2,20,21,22);1H. The lowest BCUT2D eigenvalue weighted by Crippen LogP contribution is -2.46. The molecule has 2 rings (SSSR count). The monoisotopic (exact) mass is 523 g/mol. The van der Waals surface area contributed by atoms with Gasteiger partial charge in [0.05, 0.1) is 11.5 Å². The van der Waals surface area contributed by atoms with Crippen molar-refractivity contribution >= 4 is 45.5 Å². The summed E-state index contributed by atoms with van der Waals surface area (Å²) in [5, 5.41) is 6.66. The van der Waals surface area contributed by atoms with E-state index in [1.807, 2.05) is 0 Å². The number of aliphatic imine (C=N–C) groups is 1. The van der Waals surface area contributed by atoms with Crippen molar-refractivity contribution in [1.82, 2.24) is 15.5 Å². The number of sulfone groups is 1. The number of nitrogens with zero attached hydrogens (tertiary/aromatic N) is 3. The number of rotatable bonds is 8. The number of guanidine groups is 1. The Kier molecular flexibility index (Phi) is 11.1. The Morgan fingerprint density at radius 3 is 2.50 bits per heavy atom. The molecule has 1 aliphatic rings. The molecule has 160 valence electrons. The molecule has 7 nitrogen and oxygen atoms in total. The molecule has 0 aliphatic carbocycles. The number of nitrogens with one attached hydrogen (secondary N) is 2. The normalized spacial score (nSPS) is 16.9. The second-order valence-electron chi connectivity index (χ2n) is 6.84. The lowest BCUT2D eigenvalue weighted by atomic mass is 10.2. The van der Waals surface area contributed by atoms with E-state index in [1.54, 1.807) is 7.05 Å². The molecule has 1 saturated heterocycles. The van der Waals surface area contributed by atoms with E-state index in [0.29, 0.717) is 13.1 Å². The Balaban J connectivity index is 0.00000392. The summed E-state index contributed by atoms with van der Waals surface area (Å²) in [7, 11) is -1.05. The van der Waals surface area contributed by atoms with Gasteiger partial charge in [0.1, 0.15) is 0 Å². The molecule has 2 N–H and O–H groups in total. The molecule has 0 radical (unpaired) electrons. The van der Waals surface area contributed by atoms with Gasteiger partial charge in [-0.05, 0) is 31.5 Å². The maximum absolute atomic E-state index is 11.5. The van der Waals surface area contributed by atoms with Crippen molar-refractivity contribution in [3.8, 4) is 0 Å². The Morgan fingerprint density at radius 1 is 1.21 bits per heavy atom. The van der Waals surface area contributed by atoms with Crippen LogP contribution in [0.1, 0.15) is 12.5 Å². The summed E-state index contributed by atoms with van der Waals surface area (Å²) in [6.45, 7) is 9.72. The first-order valence-electron chi connectivity index (χ1n) is 9.62. The van der Waals surface area contributed by atoms with Gasteiger partial charge < -0.3 is 15.5 Å². The first kappa shape index (κ1) is 25.0. The van der Waals surface area contributed by atoms with E-state index in [4.69, 9.17) is 0 Å². The van der Waals surface area contributed by atoms with Crippen LogP contribution in [0.2, 0.25) is 0 Å². The van der Waals surface area contributed by atoms with E-state index in [-0.39, 0.29) is 35.5 Å². The molecule has 0 atom stereocenters. The molecule has 1 aromatic carbocycles. The molecule has 0 bridgehead atoms. The minimum absolute atomic E-state index is 0. The fourth-order valence-electron chi connectivity index (χ4n) is 3.13. The van der Waals surface area contributed by atoms with Gasteiger partial charge in [0.25, 0.3) is 0 Å². The fourth-order valence-corrected chi connectivity index (χ4v) is 4.41. The van der Waals surface area contributed by atoms with Crippen LogP contribution >= 0.6 is 24.0 Å². The highest BCUT2D eigenvalue weighted by atomic mass is 127. The van der Waals surface area contributed by atoms with Gasteiger partial charge in [-0.3, -0.25) is 9.89 Å². The zero-order chi connectivity index (χ0) is 19.7. The largest absolute Gasteiger partial charge is 0.370 e. The molecule has 0 amide bonds. The van der Waals surface area contributed by atoms with Crippen LogP contribution in [0.5, 0.6) is 0 Å². The molecule has 1 fully saturated rings. The van der Waals surface area contributed by atoms with Crippen LogP contribution in [0.4, 0.5) is 5.69 Å². The second-order valence-corrected chi connectivity index (χ2v) is 9.14. The first-order valence-corrected chi connectivity index (χ1v) is 11.4. The molecular weight excluding hydrogens is 489 g/mol. The summed E-state index contributed by atoms with van der Waals surface area (Å²) in [6.07, 6.45) is 0. The molecule has 1 aliphatic heterocycles. The van der Waals surface area contributed by atoms with Crippen molar-refractivity contribution in [3.63, 3.8) is 0 Å². The number of aryl methyl sites for hydroxylation is 1. The predicted molar refractivity (Wildman–Crippen MR) is 129 cm³/mol. The number of hydrogen-bond acceptors (Lipinski definition) is 5. The van der Waals surface area contributed by atoms with Crippen molar-refractivity contribution < 1.29 is 8.42 Å². The molecule has 9 heteroatoms. The molecular formula is C19H34IN5O2S. The van der Waals surface area contributed by atoms with Gasteiger partial charge >= 0.3 is 0 Å². The maximum Gasteiger partial charge on any atom is 0.191 e. The third kappa shape index (κ3) is 8.52. The van der Waals surface area contributed by atoms with Crippen LogP contribution in [-0.4, -0.2) is 83.6 Å². The number of likely N-dealkylation sites (N-methyl/N-ethyl adjacent to an activating group) is 1. The van der Waals surface area contributed by atoms with E-state index in [1.165, 1.54) is 11.3 Å². The highest BCUT2D eigenvalue weighted by molar-refractivity contribution is 14.0. The summed E-state index contributed by atoms with van der Waals surface area (Å²) in [6, 6.07) is 8.55. The highest BCUT2D eigenvalue weighted by Crippen LogP contribution is 2.14. The zero-order valence-corrected chi connectivity index (χ0v) is 20.3. The Morgan fingerprint density at radius 2 is 1.89 bits per heavy atom. The van der Waals surface area contributed by atoms with Crippen LogP contribution in [0.3, 0.4) is 0 Å². The van der Waals surface area contributed by atoms with Crippen LogP contribution < -0.4 is 15.5 Å². The molecule has 0 unspecified atom stereocenters. The van der Waals surface area contributed by atoms with Crippen molar-refractivity contribution in [2.45, 2.75) is 13.8 Å². The molecule has 0 aromatic heterocycles. The summed E-state index contributed by atoms with van der Waals surface area (Å²) < 4.78 is 22.9. The molecule has 28 heavy (non-hydrogen) atoms. The molecule has 1 aromatic rings. The van der Waals surface area contributed by atoms with Crippen LogP contribution in [0, 0.1) is 6.92 Å². The van der Waals surface area contributed by atoms with E-state index < -0.39 is 9.84 Å². The Bertz CT molecular complexity index is 713. The van der Waals surface area contributed by atoms with Crippen LogP contribution in [-0.2, 0) is 9.84 Å². The number of halogens is 1. The van der Waals surface area contributed by atoms with Crippen molar-refractivity contribution in [3.05, 3.63) is 29.8 Å². The lowest BCUT2D eigenvalue weighted by Gasteiger charge is -2.27. The quantitative estimate of drug-likeness (QED) is 0.304. The van der Waals surface area contributed by atoms with Gasteiger partial charge in [-0.15, -0.1) is 24.0 Å². The number of hydrogen-bond donors (Lipinski definition) is 2. The third-order valence-electron chi connectivity index (χ3n) is 4.80. The highest BCUT2D eigenvalue weighted by Gasteiger charge is 2.20. The smallest absolute Gasteiger partial charge is 0.191 e. The van der Waals surface area contributed by atoms with Crippen molar-refractivity contribution in [2.75, 3.05) is 69.3 Å². The summed E-state index contributed by atoms with van der Waals surface area (Å²) in [5.41, 5.74) is 2.50. The first-order chi connectivity index (χ1) is 12.9. The van der Waals surface area contributed by atoms with Crippen molar-refractivity contribution in [1.29, 1.82) is 0 Å². The van der Waals surface area contributed by atoms with Crippen LogP contribution in [0.15, 0.2) is 29.3 Å². The summed E-state index contributed by atoms with van der Waals surface area (Å²) in [4.78, 5) is 8.78. The van der Waals surface area contributed by atoms with E-state index in [0.717, 1.165) is 38.7 Å². The van der Waals surface area contributed by atoms with Gasteiger partial charge in [-0.1, -0.05) is 12.1 Å². The topological polar surface area (TPSA) is 77.0 Å². The molecule has 0 spiro atoms. The number of anilines is 1.